The lowest BCUT2D eigenvalue weighted by molar-refractivity contribution is 0.152. The van der Waals surface area contributed by atoms with Gasteiger partial charge >= 0.3 is 5.69 Å². The Balaban J connectivity index is 2.45. The Kier molecular flexibility index (Phi) is 4.59. The molecule has 1 aromatic heterocycles. The molecule has 0 spiro atoms. The predicted octanol–water partition coefficient (Wildman–Crippen LogP) is 0.944. The van der Waals surface area contributed by atoms with E-state index in [0.29, 0.717) is 12.1 Å². The van der Waals surface area contributed by atoms with Gasteiger partial charge in [-0.05, 0) is 19.4 Å². The highest BCUT2D eigenvalue weighted by Gasteiger charge is 2.15. The fourth-order valence-electron chi connectivity index (χ4n) is 2.18. The molecule has 6 heteroatoms. The second-order valence-electron chi connectivity index (χ2n) is 5.07. The first-order valence-electron chi connectivity index (χ1n) is 6.97. The van der Waals surface area contributed by atoms with E-state index >= 15 is 0 Å². The van der Waals surface area contributed by atoms with Gasteiger partial charge in [-0.2, -0.15) is 5.26 Å². The van der Waals surface area contributed by atoms with Gasteiger partial charge in [-0.3, -0.25) is 13.9 Å². The number of hydrogen-bond donors (Lipinski definition) is 1. The van der Waals surface area contributed by atoms with Crippen LogP contribution in [0.25, 0.3) is 0 Å². The van der Waals surface area contributed by atoms with Gasteiger partial charge in [0.05, 0.1) is 12.6 Å². The fraction of sp³-hybridized carbons (Fsp3) is 0.312. The van der Waals surface area contributed by atoms with Crippen LogP contribution in [0.5, 0.6) is 0 Å². The lowest BCUT2D eigenvalue weighted by Gasteiger charge is -2.14. The summed E-state index contributed by atoms with van der Waals surface area (Å²) in [6, 6.07) is 8.97. The molecule has 0 aliphatic heterocycles. The number of aliphatic hydroxyl groups excluding tert-OH is 1. The Bertz CT molecular complexity index is 826. The molecule has 1 unspecified atom stereocenters. The van der Waals surface area contributed by atoms with Gasteiger partial charge in [-0.15, -0.1) is 0 Å². The van der Waals surface area contributed by atoms with Crippen molar-refractivity contribution >= 4 is 0 Å². The van der Waals surface area contributed by atoms with Crippen LogP contribution in [-0.4, -0.2) is 14.2 Å². The number of aromatic nitrogens is 2. The van der Waals surface area contributed by atoms with Crippen LogP contribution in [-0.2, 0) is 13.1 Å². The zero-order chi connectivity index (χ0) is 16.3. The number of rotatable bonds is 4. The summed E-state index contributed by atoms with van der Waals surface area (Å²) in [6.07, 6.45) is 0.254. The standard InChI is InChI=1S/C16H17N3O3/c1-3-18-9-13(8-17)15(21)19(16(18)22)10-14(20)12-6-4-11(2)5-7-12/h4-7,9,14,20H,3,10H2,1-2H3. The van der Waals surface area contributed by atoms with E-state index in [1.165, 1.54) is 10.8 Å². The molecule has 22 heavy (non-hydrogen) atoms. The van der Waals surface area contributed by atoms with Crippen LogP contribution in [0.15, 0.2) is 40.1 Å². The van der Waals surface area contributed by atoms with E-state index in [4.69, 9.17) is 5.26 Å². The molecule has 0 fully saturated rings. The predicted molar refractivity (Wildman–Crippen MR) is 81.5 cm³/mol. The lowest BCUT2D eigenvalue weighted by Crippen LogP contribution is -2.41. The van der Waals surface area contributed by atoms with E-state index < -0.39 is 17.4 Å². The monoisotopic (exact) mass is 299 g/mol. The maximum Gasteiger partial charge on any atom is 0.331 e. The van der Waals surface area contributed by atoms with E-state index in [2.05, 4.69) is 0 Å². The van der Waals surface area contributed by atoms with E-state index in [1.807, 2.05) is 19.1 Å². The summed E-state index contributed by atoms with van der Waals surface area (Å²) in [4.78, 5) is 24.3. The summed E-state index contributed by atoms with van der Waals surface area (Å²) in [5.74, 6) is 0. The summed E-state index contributed by atoms with van der Waals surface area (Å²) < 4.78 is 2.19. The normalized spacial score (nSPS) is 11.9. The minimum atomic E-state index is -0.995. The molecule has 0 amide bonds. The summed E-state index contributed by atoms with van der Waals surface area (Å²) in [5.41, 5.74) is 0.342. The molecule has 114 valence electrons. The Morgan fingerprint density at radius 3 is 2.45 bits per heavy atom. The van der Waals surface area contributed by atoms with Gasteiger partial charge in [0.2, 0.25) is 0 Å². The Hall–Kier alpha value is -2.65. The number of nitriles is 1. The van der Waals surface area contributed by atoms with Crippen LogP contribution < -0.4 is 11.2 Å². The van der Waals surface area contributed by atoms with Crippen LogP contribution in [0.1, 0.15) is 29.7 Å². The van der Waals surface area contributed by atoms with Crippen molar-refractivity contribution in [2.75, 3.05) is 0 Å². The van der Waals surface area contributed by atoms with Crippen LogP contribution in [0, 0.1) is 18.3 Å². The van der Waals surface area contributed by atoms with Crippen LogP contribution in [0.4, 0.5) is 0 Å². The smallest absolute Gasteiger partial charge is 0.331 e. The Morgan fingerprint density at radius 1 is 1.27 bits per heavy atom. The number of benzene rings is 1. The lowest BCUT2D eigenvalue weighted by atomic mass is 10.1. The first-order chi connectivity index (χ1) is 10.5. The number of nitrogens with zero attached hydrogens (tertiary/aromatic N) is 3. The van der Waals surface area contributed by atoms with Crippen molar-refractivity contribution in [1.82, 2.24) is 9.13 Å². The van der Waals surface area contributed by atoms with E-state index in [-0.39, 0.29) is 12.1 Å². The quantitative estimate of drug-likeness (QED) is 0.910. The summed E-state index contributed by atoms with van der Waals surface area (Å²) in [6.45, 7) is 3.83. The second-order valence-corrected chi connectivity index (χ2v) is 5.07. The molecule has 0 aliphatic rings. The van der Waals surface area contributed by atoms with Crippen molar-refractivity contribution in [3.63, 3.8) is 0 Å². The molecule has 2 aromatic rings. The molecule has 6 nitrogen and oxygen atoms in total. The van der Waals surface area contributed by atoms with Gasteiger partial charge in [-0.25, -0.2) is 4.79 Å². The van der Waals surface area contributed by atoms with Crippen molar-refractivity contribution in [3.05, 3.63) is 68.0 Å². The molecule has 1 aromatic carbocycles. The minimum absolute atomic E-state index is 0.113. The van der Waals surface area contributed by atoms with Crippen molar-refractivity contribution in [1.29, 1.82) is 5.26 Å². The number of aryl methyl sites for hydroxylation is 2. The minimum Gasteiger partial charge on any atom is -0.387 e. The number of aliphatic hydroxyl groups is 1. The third kappa shape index (κ3) is 3.00. The molecule has 0 aliphatic carbocycles. The average molecular weight is 299 g/mol. The second kappa shape index (κ2) is 6.41. The zero-order valence-electron chi connectivity index (χ0n) is 12.5. The van der Waals surface area contributed by atoms with E-state index in [0.717, 1.165) is 10.1 Å². The maximum absolute atomic E-state index is 12.2. The highest BCUT2D eigenvalue weighted by molar-refractivity contribution is 5.24. The molecule has 1 N–H and O–H groups in total. The van der Waals surface area contributed by atoms with Crippen LogP contribution in [0.2, 0.25) is 0 Å². The molecule has 0 saturated heterocycles. The third-order valence-corrected chi connectivity index (χ3v) is 3.52. The molecule has 2 rings (SSSR count). The Morgan fingerprint density at radius 2 is 1.91 bits per heavy atom. The first kappa shape index (κ1) is 15.7. The topological polar surface area (TPSA) is 88.0 Å². The zero-order valence-corrected chi connectivity index (χ0v) is 12.5. The van der Waals surface area contributed by atoms with Gasteiger partial charge < -0.3 is 5.11 Å². The molecule has 1 heterocycles. The Labute approximate surface area is 127 Å². The molecule has 0 bridgehead atoms. The van der Waals surface area contributed by atoms with Gasteiger partial charge in [-0.1, -0.05) is 29.8 Å². The average Bonchev–Trinajstić information content (AvgIpc) is 2.52. The van der Waals surface area contributed by atoms with Gasteiger partial charge in [0.1, 0.15) is 11.6 Å². The van der Waals surface area contributed by atoms with Gasteiger partial charge in [0.15, 0.2) is 0 Å². The van der Waals surface area contributed by atoms with Crippen molar-refractivity contribution in [2.45, 2.75) is 33.0 Å². The summed E-state index contributed by atoms with van der Waals surface area (Å²) >= 11 is 0. The van der Waals surface area contributed by atoms with Crippen molar-refractivity contribution < 1.29 is 5.11 Å². The van der Waals surface area contributed by atoms with Gasteiger partial charge in [0.25, 0.3) is 5.56 Å². The fourth-order valence-corrected chi connectivity index (χ4v) is 2.18. The van der Waals surface area contributed by atoms with E-state index in [9.17, 15) is 14.7 Å². The maximum atomic E-state index is 12.2. The van der Waals surface area contributed by atoms with Crippen molar-refractivity contribution in [3.8, 4) is 6.07 Å². The molecule has 1 atom stereocenters. The molecular formula is C16H17N3O3. The first-order valence-corrected chi connectivity index (χ1v) is 6.97. The summed E-state index contributed by atoms with van der Waals surface area (Å²) in [5, 5.41) is 19.2. The highest BCUT2D eigenvalue weighted by atomic mass is 16.3. The SMILES string of the molecule is CCn1cc(C#N)c(=O)n(CC(O)c2ccc(C)cc2)c1=O. The molecule has 0 saturated carbocycles. The van der Waals surface area contributed by atoms with Gasteiger partial charge in [0, 0.05) is 12.7 Å². The van der Waals surface area contributed by atoms with Crippen LogP contribution in [0.3, 0.4) is 0 Å². The van der Waals surface area contributed by atoms with Crippen LogP contribution >= 0.6 is 0 Å². The largest absolute Gasteiger partial charge is 0.387 e. The molecular weight excluding hydrogens is 282 g/mol. The third-order valence-electron chi connectivity index (χ3n) is 3.52. The summed E-state index contributed by atoms with van der Waals surface area (Å²) in [7, 11) is 0. The highest BCUT2D eigenvalue weighted by Crippen LogP contribution is 2.14. The number of hydrogen-bond acceptors (Lipinski definition) is 4. The molecule has 0 radical (unpaired) electrons. The van der Waals surface area contributed by atoms with Crippen molar-refractivity contribution in [2.24, 2.45) is 0 Å². The van der Waals surface area contributed by atoms with E-state index in [1.54, 1.807) is 25.1 Å².